The van der Waals surface area contributed by atoms with Gasteiger partial charge in [0.1, 0.15) is 11.9 Å². The van der Waals surface area contributed by atoms with Crippen LogP contribution in [-0.4, -0.2) is 37.1 Å². The highest BCUT2D eigenvalue weighted by molar-refractivity contribution is 5.97. The summed E-state index contributed by atoms with van der Waals surface area (Å²) in [6, 6.07) is 15.7. The first-order valence-corrected chi connectivity index (χ1v) is 8.22. The van der Waals surface area contributed by atoms with E-state index in [1.807, 2.05) is 36.1 Å². The van der Waals surface area contributed by atoms with Crippen LogP contribution >= 0.6 is 0 Å². The van der Waals surface area contributed by atoms with Gasteiger partial charge in [-0.1, -0.05) is 42.0 Å². The summed E-state index contributed by atoms with van der Waals surface area (Å²) in [5, 5.41) is 0. The van der Waals surface area contributed by atoms with Gasteiger partial charge in [0.25, 0.3) is 5.91 Å². The molecule has 0 radical (unpaired) electrons. The summed E-state index contributed by atoms with van der Waals surface area (Å²) < 4.78 is 11.3. The second-order valence-corrected chi connectivity index (χ2v) is 6.24. The van der Waals surface area contributed by atoms with Crippen molar-refractivity contribution in [2.75, 3.05) is 20.3 Å². The number of carbonyl (C=O) groups is 1. The molecule has 4 nitrogen and oxygen atoms in total. The van der Waals surface area contributed by atoms with Crippen molar-refractivity contribution < 1.29 is 14.3 Å². The van der Waals surface area contributed by atoms with Gasteiger partial charge in [0, 0.05) is 0 Å². The lowest BCUT2D eigenvalue weighted by Gasteiger charge is -2.38. The fourth-order valence-electron chi connectivity index (χ4n) is 3.00. The van der Waals surface area contributed by atoms with Crippen molar-refractivity contribution in [3.8, 4) is 5.75 Å². The zero-order valence-electron chi connectivity index (χ0n) is 14.4. The summed E-state index contributed by atoms with van der Waals surface area (Å²) in [5.41, 5.74) is 2.91. The number of nitrogens with zero attached hydrogens (tertiary/aromatic N) is 1. The molecular weight excluding hydrogens is 302 g/mol. The number of morpholine rings is 1. The zero-order chi connectivity index (χ0) is 17.1. The number of ether oxygens (including phenoxy) is 2. The summed E-state index contributed by atoms with van der Waals surface area (Å²) in [6.07, 6.45) is -0.0968. The maximum Gasteiger partial charge on any atom is 0.258 e. The molecule has 0 aliphatic carbocycles. The molecule has 0 aromatic heterocycles. The Balaban J connectivity index is 1.83. The van der Waals surface area contributed by atoms with E-state index in [2.05, 4.69) is 31.2 Å². The van der Waals surface area contributed by atoms with E-state index in [1.165, 1.54) is 5.56 Å². The van der Waals surface area contributed by atoms with Crippen LogP contribution in [0.1, 0.15) is 34.5 Å². The minimum absolute atomic E-state index is 0.0136. The van der Waals surface area contributed by atoms with E-state index in [9.17, 15) is 4.79 Å². The maximum atomic E-state index is 13.0. The standard InChI is InChI=1S/C20H23NO3/c1-14-8-10-16(11-9-14)19-12-21(15(2)13-24-19)20(22)17-6-4-5-7-18(17)23-3/h4-11,15,19H,12-13H2,1-3H3. The summed E-state index contributed by atoms with van der Waals surface area (Å²) in [5.74, 6) is 0.591. The fourth-order valence-corrected chi connectivity index (χ4v) is 3.00. The minimum Gasteiger partial charge on any atom is -0.496 e. The molecule has 0 spiro atoms. The SMILES string of the molecule is COc1ccccc1C(=O)N1CC(c2ccc(C)cc2)OCC1C. The highest BCUT2D eigenvalue weighted by Gasteiger charge is 2.32. The monoisotopic (exact) mass is 325 g/mol. The molecule has 1 aliphatic rings. The Labute approximate surface area is 143 Å². The van der Waals surface area contributed by atoms with E-state index < -0.39 is 0 Å². The van der Waals surface area contributed by atoms with Gasteiger partial charge in [0.2, 0.25) is 0 Å². The van der Waals surface area contributed by atoms with E-state index in [4.69, 9.17) is 9.47 Å². The quantitative estimate of drug-likeness (QED) is 0.865. The third-order valence-electron chi connectivity index (χ3n) is 4.48. The molecule has 1 heterocycles. The summed E-state index contributed by atoms with van der Waals surface area (Å²) >= 11 is 0. The summed E-state index contributed by atoms with van der Waals surface area (Å²) in [7, 11) is 1.59. The van der Waals surface area contributed by atoms with Gasteiger partial charge in [0.15, 0.2) is 0 Å². The van der Waals surface area contributed by atoms with Crippen molar-refractivity contribution in [2.45, 2.75) is 26.0 Å². The average molecular weight is 325 g/mol. The van der Waals surface area contributed by atoms with Crippen molar-refractivity contribution in [1.82, 2.24) is 4.90 Å². The predicted octanol–water partition coefficient (Wildman–Crippen LogP) is 3.61. The highest BCUT2D eigenvalue weighted by Crippen LogP contribution is 2.28. The number of carbonyl (C=O) groups excluding carboxylic acids is 1. The van der Waals surface area contributed by atoms with Gasteiger partial charge in [0.05, 0.1) is 31.9 Å². The smallest absolute Gasteiger partial charge is 0.258 e. The minimum atomic E-state index is -0.0968. The first-order chi connectivity index (χ1) is 11.6. The number of rotatable bonds is 3. The van der Waals surface area contributed by atoms with Crippen LogP contribution in [0.5, 0.6) is 5.75 Å². The van der Waals surface area contributed by atoms with Crippen molar-refractivity contribution >= 4 is 5.91 Å². The molecule has 0 N–H and O–H groups in total. The number of benzene rings is 2. The number of hydrogen-bond acceptors (Lipinski definition) is 3. The van der Waals surface area contributed by atoms with Crippen LogP contribution in [-0.2, 0) is 4.74 Å². The lowest BCUT2D eigenvalue weighted by atomic mass is 10.0. The first-order valence-electron chi connectivity index (χ1n) is 8.22. The number of hydrogen-bond donors (Lipinski definition) is 0. The number of para-hydroxylation sites is 1. The molecule has 0 bridgehead atoms. The molecule has 3 rings (SSSR count). The molecule has 1 fully saturated rings. The third-order valence-corrected chi connectivity index (χ3v) is 4.48. The summed E-state index contributed by atoms with van der Waals surface area (Å²) in [4.78, 5) is 14.9. The molecule has 1 saturated heterocycles. The number of amides is 1. The van der Waals surface area contributed by atoms with Gasteiger partial charge >= 0.3 is 0 Å². The Morgan fingerprint density at radius 1 is 1.17 bits per heavy atom. The summed E-state index contributed by atoms with van der Waals surface area (Å²) in [6.45, 7) is 5.14. The number of methoxy groups -OCH3 is 1. The predicted molar refractivity (Wildman–Crippen MR) is 93.4 cm³/mol. The van der Waals surface area contributed by atoms with E-state index >= 15 is 0 Å². The van der Waals surface area contributed by atoms with Crippen molar-refractivity contribution in [3.63, 3.8) is 0 Å². The van der Waals surface area contributed by atoms with E-state index in [1.54, 1.807) is 7.11 Å². The molecule has 0 saturated carbocycles. The molecule has 24 heavy (non-hydrogen) atoms. The van der Waals surface area contributed by atoms with Gasteiger partial charge in [-0.25, -0.2) is 0 Å². The third kappa shape index (κ3) is 3.29. The fraction of sp³-hybridized carbons (Fsp3) is 0.350. The molecule has 126 valence electrons. The zero-order valence-corrected chi connectivity index (χ0v) is 14.4. The maximum absolute atomic E-state index is 13.0. The lowest BCUT2D eigenvalue weighted by molar-refractivity contribution is -0.0487. The average Bonchev–Trinajstić information content (AvgIpc) is 2.62. The first kappa shape index (κ1) is 16.5. The Morgan fingerprint density at radius 3 is 2.58 bits per heavy atom. The van der Waals surface area contributed by atoms with Crippen LogP contribution in [0.4, 0.5) is 0 Å². The Hall–Kier alpha value is -2.33. The number of aryl methyl sites for hydroxylation is 1. The topological polar surface area (TPSA) is 38.8 Å². The molecule has 2 unspecified atom stereocenters. The molecule has 4 heteroatoms. The van der Waals surface area contributed by atoms with Gasteiger partial charge in [-0.2, -0.15) is 0 Å². The molecule has 2 atom stereocenters. The van der Waals surface area contributed by atoms with Crippen molar-refractivity contribution in [1.29, 1.82) is 0 Å². The van der Waals surface area contributed by atoms with Crippen LogP contribution < -0.4 is 4.74 Å². The Bertz CT molecular complexity index is 711. The van der Waals surface area contributed by atoms with Crippen LogP contribution in [0.15, 0.2) is 48.5 Å². The van der Waals surface area contributed by atoms with Crippen LogP contribution in [0.25, 0.3) is 0 Å². The largest absolute Gasteiger partial charge is 0.496 e. The van der Waals surface area contributed by atoms with Crippen LogP contribution in [0.3, 0.4) is 0 Å². The van der Waals surface area contributed by atoms with Gasteiger partial charge in [-0.3, -0.25) is 4.79 Å². The Morgan fingerprint density at radius 2 is 1.88 bits per heavy atom. The van der Waals surface area contributed by atoms with Gasteiger partial charge < -0.3 is 14.4 Å². The van der Waals surface area contributed by atoms with Crippen molar-refractivity contribution in [3.05, 3.63) is 65.2 Å². The second kappa shape index (κ2) is 7.05. The van der Waals surface area contributed by atoms with Crippen molar-refractivity contribution in [2.24, 2.45) is 0 Å². The lowest BCUT2D eigenvalue weighted by Crippen LogP contribution is -2.48. The van der Waals surface area contributed by atoms with E-state index in [0.29, 0.717) is 24.5 Å². The van der Waals surface area contributed by atoms with E-state index in [-0.39, 0.29) is 18.1 Å². The normalized spacial score (nSPS) is 20.7. The molecule has 1 amide bonds. The van der Waals surface area contributed by atoms with Gasteiger partial charge in [-0.15, -0.1) is 0 Å². The van der Waals surface area contributed by atoms with Crippen LogP contribution in [0.2, 0.25) is 0 Å². The molecule has 2 aromatic rings. The second-order valence-electron chi connectivity index (χ2n) is 6.24. The highest BCUT2D eigenvalue weighted by atomic mass is 16.5. The molecular formula is C20H23NO3. The molecule has 2 aromatic carbocycles. The Kier molecular flexibility index (Phi) is 4.86. The van der Waals surface area contributed by atoms with Crippen LogP contribution in [0, 0.1) is 6.92 Å². The van der Waals surface area contributed by atoms with Gasteiger partial charge in [-0.05, 0) is 31.5 Å². The molecule has 1 aliphatic heterocycles. The van der Waals surface area contributed by atoms with E-state index in [0.717, 1.165) is 5.56 Å².